The van der Waals surface area contributed by atoms with Gasteiger partial charge in [0.05, 0.1) is 6.54 Å². The molecule has 3 aliphatic rings. The molecule has 3 heterocycles. The number of urea groups is 1. The minimum absolute atomic E-state index is 0.105. The summed E-state index contributed by atoms with van der Waals surface area (Å²) in [5.41, 5.74) is 3.30. The lowest BCUT2D eigenvalue weighted by Crippen LogP contribution is -2.66. The van der Waals surface area contributed by atoms with Gasteiger partial charge in [-0.3, -0.25) is 19.9 Å². The second kappa shape index (κ2) is 7.41. The fraction of sp³-hybridized carbons (Fsp3) is 0.391. The summed E-state index contributed by atoms with van der Waals surface area (Å²) in [6.45, 7) is 4.13. The van der Waals surface area contributed by atoms with Gasteiger partial charge in [-0.1, -0.05) is 42.5 Å². The van der Waals surface area contributed by atoms with E-state index in [-0.39, 0.29) is 30.4 Å². The standard InChI is InChI=1S/C23H27N5O2/c1-16-8-6-11-18(14-16)26-12-7-13-27-19-20(24-22(26)27)25(2)23(30)28(21(19)29)15-17-9-4-3-5-10-17/h3-6,8-11,14,19-20,22,24H,7,12-13,15H2,1-2H3. The molecule has 1 N–H and O–H groups in total. The van der Waals surface area contributed by atoms with Crippen molar-refractivity contribution in [1.82, 2.24) is 20.0 Å². The third kappa shape index (κ3) is 3.05. The lowest BCUT2D eigenvalue weighted by molar-refractivity contribution is -0.139. The number of likely N-dealkylation sites (N-methyl/N-ethyl adjacent to an activating group) is 1. The number of hydrogen-bond acceptors (Lipinski definition) is 5. The van der Waals surface area contributed by atoms with Gasteiger partial charge in [0.1, 0.15) is 18.5 Å². The number of imide groups is 1. The van der Waals surface area contributed by atoms with Crippen LogP contribution in [0.5, 0.6) is 0 Å². The number of benzene rings is 2. The van der Waals surface area contributed by atoms with Crippen molar-refractivity contribution in [3.8, 4) is 0 Å². The number of aryl methyl sites for hydroxylation is 1. The van der Waals surface area contributed by atoms with E-state index in [1.807, 2.05) is 30.3 Å². The van der Waals surface area contributed by atoms with E-state index in [4.69, 9.17) is 0 Å². The molecule has 30 heavy (non-hydrogen) atoms. The van der Waals surface area contributed by atoms with Gasteiger partial charge in [-0.2, -0.15) is 0 Å². The second-order valence-electron chi connectivity index (χ2n) is 8.36. The Morgan fingerprint density at radius 2 is 1.83 bits per heavy atom. The maximum Gasteiger partial charge on any atom is 0.328 e. The molecule has 3 amide bonds. The van der Waals surface area contributed by atoms with E-state index in [0.29, 0.717) is 6.54 Å². The first-order valence-corrected chi connectivity index (χ1v) is 10.5. The minimum Gasteiger partial charge on any atom is -0.343 e. The molecular weight excluding hydrogens is 378 g/mol. The van der Waals surface area contributed by atoms with Crippen LogP contribution in [0.1, 0.15) is 17.5 Å². The fourth-order valence-electron chi connectivity index (χ4n) is 4.90. The molecule has 5 rings (SSSR count). The van der Waals surface area contributed by atoms with Gasteiger partial charge in [0.25, 0.3) is 5.91 Å². The van der Waals surface area contributed by atoms with Gasteiger partial charge in [-0.25, -0.2) is 4.79 Å². The summed E-state index contributed by atoms with van der Waals surface area (Å²) in [5, 5.41) is 3.57. The molecule has 0 aliphatic carbocycles. The zero-order valence-electron chi connectivity index (χ0n) is 17.4. The zero-order valence-corrected chi connectivity index (χ0v) is 17.4. The van der Waals surface area contributed by atoms with Crippen LogP contribution in [0.2, 0.25) is 0 Å². The molecule has 156 valence electrons. The maximum atomic E-state index is 13.5. The number of amides is 3. The van der Waals surface area contributed by atoms with Crippen LogP contribution in [0.3, 0.4) is 0 Å². The summed E-state index contributed by atoms with van der Waals surface area (Å²) in [6, 6.07) is 17.5. The Hall–Kier alpha value is -2.90. The lowest BCUT2D eigenvalue weighted by atomic mass is 10.1. The Morgan fingerprint density at radius 1 is 1.03 bits per heavy atom. The average Bonchev–Trinajstić information content (AvgIpc) is 3.16. The average molecular weight is 406 g/mol. The van der Waals surface area contributed by atoms with Crippen LogP contribution in [-0.4, -0.2) is 65.3 Å². The zero-order chi connectivity index (χ0) is 20.8. The number of hydrogen-bond donors (Lipinski definition) is 1. The summed E-state index contributed by atoms with van der Waals surface area (Å²) in [7, 11) is 1.78. The molecule has 0 aromatic heterocycles. The Kier molecular flexibility index (Phi) is 4.72. The Balaban J connectivity index is 1.44. The van der Waals surface area contributed by atoms with E-state index < -0.39 is 0 Å². The maximum absolute atomic E-state index is 13.5. The van der Waals surface area contributed by atoms with Crippen molar-refractivity contribution in [2.24, 2.45) is 0 Å². The van der Waals surface area contributed by atoms with E-state index in [1.165, 1.54) is 10.5 Å². The monoisotopic (exact) mass is 405 g/mol. The number of carbonyl (C=O) groups excluding carboxylic acids is 2. The van der Waals surface area contributed by atoms with Crippen LogP contribution in [0.15, 0.2) is 54.6 Å². The van der Waals surface area contributed by atoms with Crippen molar-refractivity contribution >= 4 is 17.6 Å². The highest BCUT2D eigenvalue weighted by Gasteiger charge is 2.56. The predicted molar refractivity (Wildman–Crippen MR) is 114 cm³/mol. The number of nitrogens with zero attached hydrogens (tertiary/aromatic N) is 4. The van der Waals surface area contributed by atoms with Gasteiger partial charge in [0.15, 0.2) is 0 Å². The molecule has 7 heteroatoms. The molecule has 7 nitrogen and oxygen atoms in total. The summed E-state index contributed by atoms with van der Waals surface area (Å²) in [4.78, 5) is 34.1. The molecule has 3 aliphatic heterocycles. The highest BCUT2D eigenvalue weighted by Crippen LogP contribution is 2.33. The Morgan fingerprint density at radius 3 is 2.60 bits per heavy atom. The Labute approximate surface area is 176 Å². The van der Waals surface area contributed by atoms with Gasteiger partial charge in [-0.05, 0) is 36.6 Å². The number of rotatable bonds is 3. The van der Waals surface area contributed by atoms with Crippen LogP contribution >= 0.6 is 0 Å². The van der Waals surface area contributed by atoms with Gasteiger partial charge in [0.2, 0.25) is 0 Å². The van der Waals surface area contributed by atoms with Crippen molar-refractivity contribution in [3.05, 3.63) is 65.7 Å². The summed E-state index contributed by atoms with van der Waals surface area (Å²) >= 11 is 0. The fourth-order valence-corrected chi connectivity index (χ4v) is 4.90. The van der Waals surface area contributed by atoms with Gasteiger partial charge in [0, 0.05) is 25.8 Å². The lowest BCUT2D eigenvalue weighted by Gasteiger charge is -2.44. The number of fused-ring (bicyclic) bond motifs is 3. The first-order chi connectivity index (χ1) is 14.5. The van der Waals surface area contributed by atoms with Crippen molar-refractivity contribution in [1.29, 1.82) is 0 Å². The van der Waals surface area contributed by atoms with Crippen molar-refractivity contribution in [2.75, 3.05) is 25.0 Å². The number of nitrogens with one attached hydrogen (secondary N) is 1. The molecule has 0 bridgehead atoms. The van der Waals surface area contributed by atoms with E-state index >= 15 is 0 Å². The molecule has 0 spiro atoms. The quantitative estimate of drug-likeness (QED) is 0.848. The third-order valence-corrected chi connectivity index (χ3v) is 6.39. The van der Waals surface area contributed by atoms with E-state index in [1.54, 1.807) is 11.9 Å². The van der Waals surface area contributed by atoms with Gasteiger partial charge >= 0.3 is 6.03 Å². The topological polar surface area (TPSA) is 59.1 Å². The first-order valence-electron chi connectivity index (χ1n) is 10.5. The SMILES string of the molecule is Cc1cccc(N2CCCN3C4C(=O)N(Cc5ccccc5)C(=O)N(C)C4NC23)c1. The Bertz CT molecular complexity index is 965. The molecule has 3 unspecified atom stereocenters. The first kappa shape index (κ1) is 19.1. The van der Waals surface area contributed by atoms with Gasteiger partial charge < -0.3 is 9.80 Å². The summed E-state index contributed by atoms with van der Waals surface area (Å²) in [6.07, 6.45) is 0.540. The molecule has 2 aromatic rings. The van der Waals surface area contributed by atoms with Crippen LogP contribution < -0.4 is 10.2 Å². The molecule has 0 saturated carbocycles. The van der Waals surface area contributed by atoms with Crippen molar-refractivity contribution < 1.29 is 9.59 Å². The largest absolute Gasteiger partial charge is 0.343 e. The van der Waals surface area contributed by atoms with Crippen LogP contribution in [0.25, 0.3) is 0 Å². The molecule has 0 radical (unpaired) electrons. The van der Waals surface area contributed by atoms with E-state index in [0.717, 1.165) is 30.8 Å². The summed E-state index contributed by atoms with van der Waals surface area (Å²) < 4.78 is 0. The number of anilines is 1. The molecule has 3 saturated heterocycles. The third-order valence-electron chi connectivity index (χ3n) is 6.39. The van der Waals surface area contributed by atoms with Crippen LogP contribution in [-0.2, 0) is 11.3 Å². The summed E-state index contributed by atoms with van der Waals surface area (Å²) in [5.74, 6) is -0.118. The molecular formula is C23H27N5O2. The molecule has 3 atom stereocenters. The molecule has 2 aromatic carbocycles. The minimum atomic E-state index is -0.381. The van der Waals surface area contributed by atoms with Crippen LogP contribution in [0, 0.1) is 6.92 Å². The highest BCUT2D eigenvalue weighted by atomic mass is 16.2. The van der Waals surface area contributed by atoms with Crippen molar-refractivity contribution in [3.63, 3.8) is 0 Å². The second-order valence-corrected chi connectivity index (χ2v) is 8.36. The normalized spacial score (nSPS) is 26.7. The van der Waals surface area contributed by atoms with Crippen LogP contribution in [0.4, 0.5) is 10.5 Å². The van der Waals surface area contributed by atoms with E-state index in [9.17, 15) is 9.59 Å². The van der Waals surface area contributed by atoms with E-state index in [2.05, 4.69) is 46.3 Å². The number of carbonyl (C=O) groups is 2. The smallest absolute Gasteiger partial charge is 0.328 e. The highest BCUT2D eigenvalue weighted by molar-refractivity contribution is 6.00. The van der Waals surface area contributed by atoms with Gasteiger partial charge in [-0.15, -0.1) is 0 Å². The van der Waals surface area contributed by atoms with Crippen molar-refractivity contribution in [2.45, 2.75) is 38.4 Å². The predicted octanol–water partition coefficient (Wildman–Crippen LogP) is 2.18. The molecule has 3 fully saturated rings.